The Morgan fingerprint density at radius 3 is 2.40 bits per heavy atom. The highest BCUT2D eigenvalue weighted by atomic mass is 16.7. The number of urea groups is 1. The van der Waals surface area contributed by atoms with Crippen LogP contribution in [0.4, 0.5) is 4.79 Å². The van der Waals surface area contributed by atoms with E-state index in [2.05, 4.69) is 44.8 Å². The minimum Gasteiger partial charge on any atom is -0.392 e. The predicted molar refractivity (Wildman–Crippen MR) is 193 cm³/mol. The van der Waals surface area contributed by atoms with Gasteiger partial charge in [0.1, 0.15) is 0 Å². The first kappa shape index (κ1) is 33.7. The van der Waals surface area contributed by atoms with Gasteiger partial charge in [-0.25, -0.2) is 9.59 Å². The lowest BCUT2D eigenvalue weighted by Crippen LogP contribution is -2.43. The van der Waals surface area contributed by atoms with E-state index in [0.717, 1.165) is 76.9 Å². The number of aliphatic hydroxyl groups is 1. The Morgan fingerprint density at radius 1 is 0.860 bits per heavy atom. The average molecular weight is 676 g/mol. The number of para-hydroxylation sites is 2. The molecule has 0 unspecified atom stereocenters. The molecule has 260 valence electrons. The largest absolute Gasteiger partial charge is 0.392 e. The lowest BCUT2D eigenvalue weighted by atomic mass is 9.97. The molecule has 2 aliphatic heterocycles. The predicted octanol–water partition coefficient (Wildman–Crippen LogP) is 6.19. The summed E-state index contributed by atoms with van der Waals surface area (Å²) in [6.07, 6.45) is 1.66. The van der Waals surface area contributed by atoms with E-state index >= 15 is 0 Å². The number of nitrogens with one attached hydrogen (secondary N) is 3. The number of piperidine rings is 1. The summed E-state index contributed by atoms with van der Waals surface area (Å²) in [7, 11) is 0. The topological polar surface area (TPSA) is 121 Å². The molecule has 4 N–H and O–H groups in total. The van der Waals surface area contributed by atoms with Crippen LogP contribution in [0.1, 0.15) is 66.9 Å². The number of aromatic nitrogens is 2. The number of hydrogen-bond donors (Lipinski definition) is 4. The number of fused-ring (bicyclic) bond motifs is 1. The summed E-state index contributed by atoms with van der Waals surface area (Å²) in [6.45, 7) is 5.41. The summed E-state index contributed by atoms with van der Waals surface area (Å²) in [5.41, 5.74) is 7.75. The molecule has 0 aliphatic carbocycles. The number of aromatic amines is 1. The van der Waals surface area contributed by atoms with Gasteiger partial charge in [0, 0.05) is 50.7 Å². The van der Waals surface area contributed by atoms with Crippen molar-refractivity contribution in [3.8, 4) is 11.1 Å². The van der Waals surface area contributed by atoms with Crippen molar-refractivity contribution in [1.29, 1.82) is 0 Å². The minimum atomic E-state index is -0.568. The van der Waals surface area contributed by atoms with Crippen molar-refractivity contribution >= 4 is 17.1 Å². The van der Waals surface area contributed by atoms with E-state index in [1.165, 1.54) is 0 Å². The molecule has 0 spiro atoms. The molecule has 5 aromatic rings. The molecule has 2 amide bonds. The maximum absolute atomic E-state index is 12.9. The fraction of sp³-hybridized carbons (Fsp3) is 0.350. The van der Waals surface area contributed by atoms with E-state index in [0.29, 0.717) is 19.5 Å². The zero-order valence-corrected chi connectivity index (χ0v) is 28.4. The van der Waals surface area contributed by atoms with Gasteiger partial charge in [-0.15, -0.1) is 0 Å². The zero-order valence-electron chi connectivity index (χ0n) is 28.4. The Kier molecular flexibility index (Phi) is 10.4. The van der Waals surface area contributed by atoms with Crippen molar-refractivity contribution < 1.29 is 19.4 Å². The average Bonchev–Trinajstić information content (AvgIpc) is 3.50. The van der Waals surface area contributed by atoms with Crippen molar-refractivity contribution in [2.24, 2.45) is 0 Å². The van der Waals surface area contributed by atoms with Crippen LogP contribution in [0.5, 0.6) is 0 Å². The number of likely N-dealkylation sites (tertiary alicyclic amines) is 1. The highest BCUT2D eigenvalue weighted by Gasteiger charge is 2.34. The van der Waals surface area contributed by atoms with Gasteiger partial charge >= 0.3 is 11.7 Å². The van der Waals surface area contributed by atoms with E-state index in [-0.39, 0.29) is 36.6 Å². The van der Waals surface area contributed by atoms with Gasteiger partial charge in [0.15, 0.2) is 6.29 Å². The quantitative estimate of drug-likeness (QED) is 0.140. The molecule has 2 saturated heterocycles. The van der Waals surface area contributed by atoms with Crippen molar-refractivity contribution in [2.75, 3.05) is 26.2 Å². The molecule has 0 bridgehead atoms. The molecule has 10 nitrogen and oxygen atoms in total. The van der Waals surface area contributed by atoms with Crippen LogP contribution >= 0.6 is 0 Å². The SMILES string of the molecule is CCNC(=O)NCc1cccc(-c2cccc([C@H]3O[C@@H](CN4CCC(n5c(=O)[nH]c6ccccc65)CC4)C[C@@H](c4ccc(CO)cc4)O3)c2)c1. The van der Waals surface area contributed by atoms with E-state index < -0.39 is 6.29 Å². The van der Waals surface area contributed by atoms with Gasteiger partial charge in [0.25, 0.3) is 0 Å². The lowest BCUT2D eigenvalue weighted by Gasteiger charge is -2.40. The Labute approximate surface area is 292 Å². The van der Waals surface area contributed by atoms with Crippen LogP contribution in [-0.2, 0) is 22.6 Å². The van der Waals surface area contributed by atoms with Crippen LogP contribution in [0.25, 0.3) is 22.2 Å². The van der Waals surface area contributed by atoms with Gasteiger partial charge < -0.3 is 35.1 Å². The van der Waals surface area contributed by atoms with Gasteiger partial charge in [0.2, 0.25) is 0 Å². The smallest absolute Gasteiger partial charge is 0.326 e. The Morgan fingerprint density at radius 2 is 1.62 bits per heavy atom. The van der Waals surface area contributed by atoms with E-state index in [9.17, 15) is 14.7 Å². The fourth-order valence-electron chi connectivity index (χ4n) is 7.25. The van der Waals surface area contributed by atoms with Crippen LogP contribution in [0.2, 0.25) is 0 Å². The van der Waals surface area contributed by atoms with Crippen molar-refractivity contribution in [1.82, 2.24) is 25.1 Å². The molecule has 2 aliphatic rings. The van der Waals surface area contributed by atoms with Gasteiger partial charge in [-0.3, -0.25) is 4.57 Å². The first-order chi connectivity index (χ1) is 24.5. The highest BCUT2D eigenvalue weighted by molar-refractivity contribution is 5.75. The Bertz CT molecular complexity index is 1960. The second-order valence-corrected chi connectivity index (χ2v) is 13.2. The van der Waals surface area contributed by atoms with Crippen molar-refractivity contribution in [3.63, 3.8) is 0 Å². The van der Waals surface area contributed by atoms with E-state index in [4.69, 9.17) is 9.47 Å². The zero-order chi connectivity index (χ0) is 34.5. The summed E-state index contributed by atoms with van der Waals surface area (Å²) < 4.78 is 15.3. The molecular weight excluding hydrogens is 630 g/mol. The molecule has 4 aromatic carbocycles. The number of nitrogens with zero attached hydrogens (tertiary/aromatic N) is 2. The Balaban J connectivity index is 1.07. The van der Waals surface area contributed by atoms with Crippen LogP contribution in [0, 0.1) is 0 Å². The van der Waals surface area contributed by atoms with Crippen molar-refractivity contribution in [2.45, 2.75) is 63.9 Å². The second kappa shape index (κ2) is 15.4. The molecule has 10 heteroatoms. The lowest BCUT2D eigenvalue weighted by molar-refractivity contribution is -0.253. The van der Waals surface area contributed by atoms with E-state index in [1.807, 2.05) is 84.3 Å². The number of ether oxygens (including phenoxy) is 2. The summed E-state index contributed by atoms with van der Waals surface area (Å²) >= 11 is 0. The summed E-state index contributed by atoms with van der Waals surface area (Å²) in [6, 6.07) is 32.3. The third kappa shape index (κ3) is 7.69. The van der Waals surface area contributed by atoms with Gasteiger partial charge in [0.05, 0.1) is 29.8 Å². The standard InChI is InChI=1S/C40H45N5O5/c1-2-41-39(47)42-24-28-7-5-8-30(21-28)31-9-6-10-32(22-31)38-49-34(23-37(50-38)29-15-13-27(26-46)14-16-29)25-44-19-17-33(18-20-44)45-36-12-4-3-11-35(36)43-40(45)48/h3-16,21-22,33-34,37-38,46H,2,17-20,23-26H2,1H3,(H,43,48)(H2,41,42,47)/t34-,37+,38+/m1/s1. The highest BCUT2D eigenvalue weighted by Crippen LogP contribution is 2.39. The third-order valence-electron chi connectivity index (χ3n) is 9.83. The number of aliphatic hydroxyl groups excluding tert-OH is 1. The number of amides is 2. The molecule has 2 fully saturated rings. The number of benzene rings is 4. The number of rotatable bonds is 10. The fourth-order valence-corrected chi connectivity index (χ4v) is 7.25. The maximum atomic E-state index is 12.9. The first-order valence-electron chi connectivity index (χ1n) is 17.6. The minimum absolute atomic E-state index is 0.00319. The van der Waals surface area contributed by atoms with Gasteiger partial charge in [-0.05, 0) is 71.8 Å². The van der Waals surface area contributed by atoms with Crippen LogP contribution < -0.4 is 16.3 Å². The molecule has 0 radical (unpaired) electrons. The molecule has 7 rings (SSSR count). The number of imidazole rings is 1. The number of hydrogen-bond acceptors (Lipinski definition) is 6. The third-order valence-corrected chi connectivity index (χ3v) is 9.83. The van der Waals surface area contributed by atoms with Gasteiger partial charge in [-0.2, -0.15) is 0 Å². The van der Waals surface area contributed by atoms with Crippen LogP contribution in [-0.4, -0.2) is 57.9 Å². The molecule has 3 atom stereocenters. The molecule has 50 heavy (non-hydrogen) atoms. The maximum Gasteiger partial charge on any atom is 0.326 e. The second-order valence-electron chi connectivity index (χ2n) is 13.2. The first-order valence-corrected chi connectivity index (χ1v) is 17.6. The van der Waals surface area contributed by atoms with Crippen LogP contribution in [0.15, 0.2) is 102 Å². The molecule has 0 saturated carbocycles. The normalized spacial score (nSPS) is 20.2. The van der Waals surface area contributed by atoms with Crippen LogP contribution in [0.3, 0.4) is 0 Å². The molecule has 1 aromatic heterocycles. The molecular formula is C40H45N5O5. The summed E-state index contributed by atoms with van der Waals surface area (Å²) in [5.74, 6) is 0. The monoisotopic (exact) mass is 675 g/mol. The number of carbonyl (C=O) groups is 1. The summed E-state index contributed by atoms with van der Waals surface area (Å²) in [5, 5.41) is 15.3. The van der Waals surface area contributed by atoms with E-state index in [1.54, 1.807) is 0 Å². The Hall–Kier alpha value is -4.74. The number of H-pyrrole nitrogens is 1. The summed E-state index contributed by atoms with van der Waals surface area (Å²) in [4.78, 5) is 30.3. The van der Waals surface area contributed by atoms with Gasteiger partial charge in [-0.1, -0.05) is 72.8 Å². The van der Waals surface area contributed by atoms with Crippen molar-refractivity contribution in [3.05, 3.63) is 130 Å². The molecule has 3 heterocycles. The number of carbonyl (C=O) groups excluding carboxylic acids is 1.